The Hall–Kier alpha value is -3.42. The number of ether oxygens (including phenoxy) is 1. The highest BCUT2D eigenvalue weighted by atomic mass is 35.5. The van der Waals surface area contributed by atoms with E-state index in [0.29, 0.717) is 41.7 Å². The van der Waals surface area contributed by atoms with Crippen molar-refractivity contribution >= 4 is 39.9 Å². The summed E-state index contributed by atoms with van der Waals surface area (Å²) in [6.07, 6.45) is 4.55. The Balaban J connectivity index is 1.42. The second-order valence-electron chi connectivity index (χ2n) is 7.27. The van der Waals surface area contributed by atoms with Crippen LogP contribution in [0.1, 0.15) is 22.3 Å². The summed E-state index contributed by atoms with van der Waals surface area (Å²) in [5, 5.41) is 13.0. The van der Waals surface area contributed by atoms with Crippen molar-refractivity contribution in [2.75, 3.05) is 11.9 Å². The highest BCUT2D eigenvalue weighted by Crippen LogP contribution is 2.37. The Morgan fingerprint density at radius 3 is 2.87 bits per heavy atom. The van der Waals surface area contributed by atoms with Crippen LogP contribution in [0.4, 0.5) is 11.5 Å². The lowest BCUT2D eigenvalue weighted by atomic mass is 10.1. The van der Waals surface area contributed by atoms with Crippen molar-refractivity contribution in [1.82, 2.24) is 14.5 Å². The van der Waals surface area contributed by atoms with E-state index < -0.39 is 0 Å². The van der Waals surface area contributed by atoms with Crippen molar-refractivity contribution in [3.63, 3.8) is 0 Å². The third-order valence-electron chi connectivity index (χ3n) is 5.34. The number of halogens is 1. The first kappa shape index (κ1) is 19.5. The van der Waals surface area contributed by atoms with Gasteiger partial charge < -0.3 is 19.7 Å². The van der Waals surface area contributed by atoms with Gasteiger partial charge in [-0.2, -0.15) is 0 Å². The average molecular weight is 435 g/mol. The first-order valence-electron chi connectivity index (χ1n) is 9.94. The number of aliphatic hydroxyl groups is 1. The molecule has 0 aliphatic heterocycles. The number of Topliss-reactive ketones (excluding diaryl/α,β-unsaturated/α-hetero) is 1. The molecular formula is C23H19ClN4O3. The summed E-state index contributed by atoms with van der Waals surface area (Å²) >= 11 is 6.50. The molecule has 31 heavy (non-hydrogen) atoms. The summed E-state index contributed by atoms with van der Waals surface area (Å²) in [5.74, 6) is 1.93. The maximum atomic E-state index is 12.0. The van der Waals surface area contributed by atoms with E-state index in [1.165, 1.54) is 6.33 Å². The zero-order valence-corrected chi connectivity index (χ0v) is 17.3. The number of aliphatic hydroxyl groups excluding tert-OH is 1. The normalized spacial score (nSPS) is 12.9. The minimum atomic E-state index is 0.0186. The molecular weight excluding hydrogens is 416 g/mol. The molecule has 1 aliphatic rings. The number of aromatic nitrogens is 3. The van der Waals surface area contributed by atoms with Gasteiger partial charge in [0.05, 0.1) is 17.1 Å². The summed E-state index contributed by atoms with van der Waals surface area (Å²) in [4.78, 5) is 20.6. The molecule has 2 N–H and O–H groups in total. The predicted molar refractivity (Wildman–Crippen MR) is 119 cm³/mol. The number of nitrogens with zero attached hydrogens (tertiary/aromatic N) is 3. The summed E-state index contributed by atoms with van der Waals surface area (Å²) in [6, 6.07) is 12.8. The summed E-state index contributed by atoms with van der Waals surface area (Å²) in [6.45, 7) is 0.466. The van der Waals surface area contributed by atoms with Crippen LogP contribution in [-0.4, -0.2) is 32.0 Å². The molecule has 0 spiro atoms. The van der Waals surface area contributed by atoms with Gasteiger partial charge in [-0.3, -0.25) is 4.79 Å². The largest absolute Gasteiger partial charge is 0.455 e. The van der Waals surface area contributed by atoms with E-state index in [9.17, 15) is 9.90 Å². The van der Waals surface area contributed by atoms with Crippen LogP contribution in [0.15, 0.2) is 55.0 Å². The average Bonchev–Trinajstić information content (AvgIpc) is 3.36. The highest BCUT2D eigenvalue weighted by molar-refractivity contribution is 6.32. The molecule has 0 saturated carbocycles. The topological polar surface area (TPSA) is 89.3 Å². The molecule has 0 unspecified atom stereocenters. The number of hydrogen-bond acceptors (Lipinski definition) is 6. The SMILES string of the molecule is O=C1CCc2c(Oc3ccc(Nc4ncnc5ccn(CCO)c45)cc3Cl)cccc21. The van der Waals surface area contributed by atoms with Gasteiger partial charge in [-0.25, -0.2) is 9.97 Å². The number of fused-ring (bicyclic) bond motifs is 2. The van der Waals surface area contributed by atoms with Gasteiger partial charge in [0.25, 0.3) is 0 Å². The minimum Gasteiger partial charge on any atom is -0.455 e. The van der Waals surface area contributed by atoms with Crippen LogP contribution >= 0.6 is 11.6 Å². The lowest BCUT2D eigenvalue weighted by molar-refractivity contribution is 0.0994. The Kier molecular flexibility index (Phi) is 5.05. The molecule has 0 fully saturated rings. The van der Waals surface area contributed by atoms with Gasteiger partial charge in [0.15, 0.2) is 11.6 Å². The molecule has 2 aromatic heterocycles. The van der Waals surface area contributed by atoms with Crippen LogP contribution in [-0.2, 0) is 13.0 Å². The van der Waals surface area contributed by atoms with Crippen LogP contribution < -0.4 is 10.1 Å². The van der Waals surface area contributed by atoms with Gasteiger partial charge in [0.2, 0.25) is 0 Å². The number of carbonyl (C=O) groups is 1. The van der Waals surface area contributed by atoms with Crippen LogP contribution in [0.2, 0.25) is 5.02 Å². The number of nitrogens with one attached hydrogen (secondary N) is 1. The molecule has 1 aliphatic carbocycles. The molecule has 2 heterocycles. The number of hydrogen-bond donors (Lipinski definition) is 2. The Morgan fingerprint density at radius 1 is 1.13 bits per heavy atom. The maximum absolute atomic E-state index is 12.0. The monoisotopic (exact) mass is 434 g/mol. The first-order chi connectivity index (χ1) is 15.1. The second kappa shape index (κ2) is 8.02. The number of rotatable bonds is 6. The van der Waals surface area contributed by atoms with Crippen molar-refractivity contribution in [1.29, 1.82) is 0 Å². The maximum Gasteiger partial charge on any atom is 0.163 e. The van der Waals surface area contributed by atoms with Crippen LogP contribution in [0.5, 0.6) is 11.5 Å². The molecule has 156 valence electrons. The lowest BCUT2D eigenvalue weighted by Gasteiger charge is -2.13. The number of ketones is 1. The molecule has 4 aromatic rings. The molecule has 0 amide bonds. The molecule has 7 nitrogen and oxygen atoms in total. The Bertz CT molecular complexity index is 1300. The third-order valence-corrected chi connectivity index (χ3v) is 5.64. The predicted octanol–water partition coefficient (Wildman–Crippen LogP) is 4.74. The molecule has 0 bridgehead atoms. The van der Waals surface area contributed by atoms with E-state index in [2.05, 4.69) is 15.3 Å². The lowest BCUT2D eigenvalue weighted by Crippen LogP contribution is -2.04. The molecule has 0 atom stereocenters. The van der Waals surface area contributed by atoms with Gasteiger partial charge in [0, 0.05) is 36.0 Å². The van der Waals surface area contributed by atoms with E-state index in [1.807, 2.05) is 41.1 Å². The van der Waals surface area contributed by atoms with Crippen molar-refractivity contribution in [3.8, 4) is 11.5 Å². The van der Waals surface area contributed by atoms with Gasteiger partial charge >= 0.3 is 0 Å². The third kappa shape index (κ3) is 3.62. The van der Waals surface area contributed by atoms with Gasteiger partial charge in [-0.1, -0.05) is 23.7 Å². The van der Waals surface area contributed by atoms with E-state index in [-0.39, 0.29) is 12.4 Å². The summed E-state index contributed by atoms with van der Waals surface area (Å²) < 4.78 is 7.94. The van der Waals surface area contributed by atoms with E-state index in [0.717, 1.165) is 27.8 Å². The van der Waals surface area contributed by atoms with Crippen molar-refractivity contribution in [2.24, 2.45) is 0 Å². The van der Waals surface area contributed by atoms with Crippen LogP contribution in [0.25, 0.3) is 11.0 Å². The quantitative estimate of drug-likeness (QED) is 0.455. The Labute approximate surface area is 183 Å². The first-order valence-corrected chi connectivity index (χ1v) is 10.3. The fraction of sp³-hybridized carbons (Fsp3) is 0.174. The summed E-state index contributed by atoms with van der Waals surface area (Å²) in [7, 11) is 0. The molecule has 2 aromatic carbocycles. The second-order valence-corrected chi connectivity index (χ2v) is 7.67. The zero-order chi connectivity index (χ0) is 21.4. The smallest absolute Gasteiger partial charge is 0.163 e. The van der Waals surface area contributed by atoms with E-state index in [1.54, 1.807) is 12.1 Å². The number of benzene rings is 2. The van der Waals surface area contributed by atoms with Gasteiger partial charge in [0.1, 0.15) is 23.3 Å². The molecule has 0 saturated heterocycles. The summed E-state index contributed by atoms with van der Waals surface area (Å²) in [5.41, 5.74) is 3.98. The van der Waals surface area contributed by atoms with Crippen LogP contribution in [0, 0.1) is 0 Å². The van der Waals surface area contributed by atoms with Gasteiger partial charge in [-0.15, -0.1) is 0 Å². The highest BCUT2D eigenvalue weighted by Gasteiger charge is 2.23. The van der Waals surface area contributed by atoms with Crippen LogP contribution in [0.3, 0.4) is 0 Å². The zero-order valence-electron chi connectivity index (χ0n) is 16.5. The van der Waals surface area contributed by atoms with E-state index >= 15 is 0 Å². The molecule has 5 rings (SSSR count). The fourth-order valence-corrected chi connectivity index (χ4v) is 4.11. The molecule has 8 heteroatoms. The minimum absolute atomic E-state index is 0.0186. The van der Waals surface area contributed by atoms with E-state index in [4.69, 9.17) is 16.3 Å². The van der Waals surface area contributed by atoms with Gasteiger partial charge in [-0.05, 0) is 36.8 Å². The number of anilines is 2. The van der Waals surface area contributed by atoms with Crippen molar-refractivity contribution < 1.29 is 14.6 Å². The fourth-order valence-electron chi connectivity index (χ4n) is 3.89. The van der Waals surface area contributed by atoms with Crippen molar-refractivity contribution in [2.45, 2.75) is 19.4 Å². The molecule has 0 radical (unpaired) electrons. The Morgan fingerprint density at radius 2 is 2.03 bits per heavy atom. The standard InChI is InChI=1S/C23H19ClN4O3/c24-17-12-14(27-23-22-18(25-13-26-23)8-9-28(22)10-11-29)4-7-21(17)31-20-3-1-2-15-16(20)5-6-19(15)30/h1-4,7-9,12-13,29H,5-6,10-11H2,(H,25,26,27). The van der Waals surface area contributed by atoms with Crippen molar-refractivity contribution in [3.05, 3.63) is 71.1 Å². The number of carbonyl (C=O) groups excluding carboxylic acids is 1.